The molecule has 0 aliphatic rings. The van der Waals surface area contributed by atoms with E-state index >= 15 is 0 Å². The minimum absolute atomic E-state index is 0.0162. The lowest BCUT2D eigenvalue weighted by molar-refractivity contribution is 0.0957. The van der Waals surface area contributed by atoms with Crippen LogP contribution in [0, 0.1) is 3.57 Å². The molecule has 0 aromatic heterocycles. The summed E-state index contributed by atoms with van der Waals surface area (Å²) < 4.78 is 0.977. The van der Waals surface area contributed by atoms with E-state index in [1.54, 1.807) is 0 Å². The van der Waals surface area contributed by atoms with Gasteiger partial charge in [-0.05, 0) is 48.6 Å². The average molecular weight is 315 g/mol. The van der Waals surface area contributed by atoms with Gasteiger partial charge in [0, 0.05) is 10.1 Å². The third kappa shape index (κ3) is 4.03. The summed E-state index contributed by atoms with van der Waals surface area (Å²) in [6.45, 7) is 4.61. The van der Waals surface area contributed by atoms with E-state index in [4.69, 9.17) is 0 Å². The molecule has 0 aliphatic carbocycles. The van der Waals surface area contributed by atoms with E-state index in [1.807, 2.05) is 44.2 Å². The Kier molecular flexibility index (Phi) is 4.81. The summed E-state index contributed by atoms with van der Waals surface area (Å²) >= 11 is 2.16. The number of hydrogen-bond donors (Lipinski definition) is 1. The molecule has 0 heterocycles. The molecule has 0 saturated carbocycles. The Bertz CT molecular complexity index is 381. The van der Waals surface area contributed by atoms with E-state index < -0.39 is 0 Å². The molecule has 1 rings (SSSR count). The van der Waals surface area contributed by atoms with Gasteiger partial charge in [0.1, 0.15) is 0 Å². The predicted molar refractivity (Wildman–Crippen MR) is 70.9 cm³/mol. The number of allylic oxidation sites excluding steroid dienone is 1. The molecule has 3 heteroatoms. The van der Waals surface area contributed by atoms with E-state index in [2.05, 4.69) is 27.9 Å². The standard InChI is InChI=1S/C12H14INO/c1-9(2)7-8-14-12(15)10-5-3-4-6-11(10)13/h3-7H,8H2,1-2H3,(H,14,15). The molecule has 0 spiro atoms. The first-order valence-corrected chi connectivity index (χ1v) is 5.85. The lowest BCUT2D eigenvalue weighted by Gasteiger charge is -2.04. The van der Waals surface area contributed by atoms with Crippen molar-refractivity contribution in [3.05, 3.63) is 45.0 Å². The van der Waals surface area contributed by atoms with Crippen molar-refractivity contribution in [2.75, 3.05) is 6.54 Å². The van der Waals surface area contributed by atoms with Crippen LogP contribution >= 0.6 is 22.6 Å². The molecular weight excluding hydrogens is 301 g/mol. The molecule has 15 heavy (non-hydrogen) atoms. The molecule has 0 saturated heterocycles. The first kappa shape index (κ1) is 12.2. The maximum Gasteiger partial charge on any atom is 0.252 e. The molecule has 0 radical (unpaired) electrons. The van der Waals surface area contributed by atoms with E-state index in [9.17, 15) is 4.79 Å². The van der Waals surface area contributed by atoms with Gasteiger partial charge in [-0.25, -0.2) is 0 Å². The Morgan fingerprint density at radius 2 is 2.07 bits per heavy atom. The number of amides is 1. The maximum absolute atomic E-state index is 11.7. The van der Waals surface area contributed by atoms with Crippen LogP contribution in [0.4, 0.5) is 0 Å². The highest BCUT2D eigenvalue weighted by atomic mass is 127. The second kappa shape index (κ2) is 5.90. The van der Waals surface area contributed by atoms with Crippen LogP contribution in [-0.2, 0) is 0 Å². The molecule has 0 bridgehead atoms. The Labute approximate surface area is 104 Å². The van der Waals surface area contributed by atoms with Crippen LogP contribution in [0.1, 0.15) is 24.2 Å². The third-order valence-electron chi connectivity index (χ3n) is 1.89. The van der Waals surface area contributed by atoms with Crippen LogP contribution in [0.15, 0.2) is 35.9 Å². The van der Waals surface area contributed by atoms with Crippen LogP contribution in [0.3, 0.4) is 0 Å². The summed E-state index contributed by atoms with van der Waals surface area (Å²) in [5.41, 5.74) is 1.94. The number of nitrogens with one attached hydrogen (secondary N) is 1. The lowest BCUT2D eigenvalue weighted by Crippen LogP contribution is -2.24. The van der Waals surface area contributed by atoms with Gasteiger partial charge in [0.25, 0.3) is 5.91 Å². The quantitative estimate of drug-likeness (QED) is 0.674. The number of rotatable bonds is 3. The summed E-state index contributed by atoms with van der Waals surface area (Å²) in [5, 5.41) is 2.85. The fraction of sp³-hybridized carbons (Fsp3) is 0.250. The topological polar surface area (TPSA) is 29.1 Å². The van der Waals surface area contributed by atoms with Crippen molar-refractivity contribution < 1.29 is 4.79 Å². The number of hydrogen-bond acceptors (Lipinski definition) is 1. The molecule has 2 nitrogen and oxygen atoms in total. The number of carbonyl (C=O) groups excluding carboxylic acids is 1. The SMILES string of the molecule is CC(C)=CCNC(=O)c1ccccc1I. The first-order valence-electron chi connectivity index (χ1n) is 4.77. The zero-order chi connectivity index (χ0) is 11.3. The van der Waals surface area contributed by atoms with E-state index in [0.717, 1.165) is 9.13 Å². The molecule has 1 aromatic rings. The van der Waals surface area contributed by atoms with Crippen molar-refractivity contribution in [3.63, 3.8) is 0 Å². The summed E-state index contributed by atoms with van der Waals surface area (Å²) in [6.07, 6.45) is 1.99. The summed E-state index contributed by atoms with van der Waals surface area (Å²) in [7, 11) is 0. The Balaban J connectivity index is 2.62. The normalized spacial score (nSPS) is 9.53. The van der Waals surface area contributed by atoms with Gasteiger partial charge in [-0.1, -0.05) is 23.8 Å². The van der Waals surface area contributed by atoms with Crippen LogP contribution < -0.4 is 5.32 Å². The molecule has 1 N–H and O–H groups in total. The van der Waals surface area contributed by atoms with E-state index in [1.165, 1.54) is 5.57 Å². The fourth-order valence-corrected chi connectivity index (χ4v) is 1.72. The van der Waals surface area contributed by atoms with Gasteiger partial charge in [0.05, 0.1) is 5.56 Å². The summed E-state index contributed by atoms with van der Waals surface area (Å²) in [4.78, 5) is 11.7. The van der Waals surface area contributed by atoms with Gasteiger partial charge in [0.15, 0.2) is 0 Å². The maximum atomic E-state index is 11.7. The van der Waals surface area contributed by atoms with Crippen molar-refractivity contribution in [2.45, 2.75) is 13.8 Å². The van der Waals surface area contributed by atoms with Crippen molar-refractivity contribution in [1.82, 2.24) is 5.32 Å². The highest BCUT2D eigenvalue weighted by Crippen LogP contribution is 2.10. The average Bonchev–Trinajstić information content (AvgIpc) is 2.17. The zero-order valence-corrected chi connectivity index (χ0v) is 11.0. The van der Waals surface area contributed by atoms with Crippen LogP contribution in [0.5, 0.6) is 0 Å². The third-order valence-corrected chi connectivity index (χ3v) is 2.83. The van der Waals surface area contributed by atoms with E-state index in [0.29, 0.717) is 6.54 Å². The molecule has 1 amide bonds. The van der Waals surface area contributed by atoms with Gasteiger partial charge in [-0.15, -0.1) is 0 Å². The van der Waals surface area contributed by atoms with Gasteiger partial charge in [-0.3, -0.25) is 4.79 Å². The number of benzene rings is 1. The minimum Gasteiger partial charge on any atom is -0.349 e. The Morgan fingerprint density at radius 1 is 1.40 bits per heavy atom. The monoisotopic (exact) mass is 315 g/mol. The highest BCUT2D eigenvalue weighted by molar-refractivity contribution is 14.1. The van der Waals surface area contributed by atoms with Gasteiger partial charge in [0.2, 0.25) is 0 Å². The second-order valence-corrected chi connectivity index (χ2v) is 4.63. The van der Waals surface area contributed by atoms with Gasteiger partial charge in [-0.2, -0.15) is 0 Å². The van der Waals surface area contributed by atoms with Crippen molar-refractivity contribution in [2.24, 2.45) is 0 Å². The Hall–Kier alpha value is -0.840. The molecule has 0 atom stereocenters. The summed E-state index contributed by atoms with van der Waals surface area (Å²) in [5.74, 6) is -0.0162. The van der Waals surface area contributed by atoms with Gasteiger partial charge < -0.3 is 5.32 Å². The molecule has 80 valence electrons. The zero-order valence-electron chi connectivity index (χ0n) is 8.88. The fourth-order valence-electron chi connectivity index (χ4n) is 1.09. The van der Waals surface area contributed by atoms with Crippen LogP contribution in [0.2, 0.25) is 0 Å². The second-order valence-electron chi connectivity index (χ2n) is 3.47. The largest absolute Gasteiger partial charge is 0.349 e. The number of halogens is 1. The molecular formula is C12H14INO. The lowest BCUT2D eigenvalue weighted by atomic mass is 10.2. The highest BCUT2D eigenvalue weighted by Gasteiger charge is 2.06. The van der Waals surface area contributed by atoms with Gasteiger partial charge >= 0.3 is 0 Å². The first-order chi connectivity index (χ1) is 7.11. The molecule has 0 aliphatic heterocycles. The van der Waals surface area contributed by atoms with Crippen molar-refractivity contribution >= 4 is 28.5 Å². The van der Waals surface area contributed by atoms with E-state index in [-0.39, 0.29) is 5.91 Å². The molecule has 1 aromatic carbocycles. The van der Waals surface area contributed by atoms with Crippen molar-refractivity contribution in [3.8, 4) is 0 Å². The minimum atomic E-state index is -0.0162. The molecule has 0 unspecified atom stereocenters. The molecule has 0 fully saturated rings. The smallest absolute Gasteiger partial charge is 0.252 e. The summed E-state index contributed by atoms with van der Waals surface area (Å²) in [6, 6.07) is 7.56. The van der Waals surface area contributed by atoms with Crippen LogP contribution in [0.25, 0.3) is 0 Å². The Morgan fingerprint density at radius 3 is 2.67 bits per heavy atom. The van der Waals surface area contributed by atoms with Crippen LogP contribution in [-0.4, -0.2) is 12.5 Å². The van der Waals surface area contributed by atoms with Crippen molar-refractivity contribution in [1.29, 1.82) is 0 Å². The number of carbonyl (C=O) groups is 1. The predicted octanol–water partition coefficient (Wildman–Crippen LogP) is 2.99.